The molecule has 0 saturated carbocycles. The van der Waals surface area contributed by atoms with E-state index in [-0.39, 0.29) is 6.04 Å². The number of fused-ring (bicyclic) bond motifs is 1. The highest BCUT2D eigenvalue weighted by Crippen LogP contribution is 2.29. The van der Waals surface area contributed by atoms with Gasteiger partial charge in [-0.2, -0.15) is 0 Å². The minimum atomic E-state index is -0.915. The summed E-state index contributed by atoms with van der Waals surface area (Å²) in [5, 5.41) is 0. The summed E-state index contributed by atoms with van der Waals surface area (Å²) < 4.78 is 28.9. The van der Waals surface area contributed by atoms with Crippen molar-refractivity contribution in [3.8, 4) is 11.4 Å². The van der Waals surface area contributed by atoms with E-state index in [1.54, 1.807) is 12.1 Å². The van der Waals surface area contributed by atoms with E-state index in [4.69, 9.17) is 11.5 Å². The van der Waals surface area contributed by atoms with E-state index in [2.05, 4.69) is 4.98 Å². The van der Waals surface area contributed by atoms with Gasteiger partial charge in [0.25, 0.3) is 0 Å². The van der Waals surface area contributed by atoms with Crippen molar-refractivity contribution in [3.05, 3.63) is 48.0 Å². The van der Waals surface area contributed by atoms with Gasteiger partial charge in [-0.25, -0.2) is 13.8 Å². The minimum absolute atomic E-state index is 0.109. The second-order valence-corrected chi connectivity index (χ2v) is 5.27. The second kappa shape index (κ2) is 5.38. The van der Waals surface area contributed by atoms with Gasteiger partial charge < -0.3 is 16.0 Å². The maximum atomic E-state index is 13.6. The van der Waals surface area contributed by atoms with Gasteiger partial charge in [-0.15, -0.1) is 0 Å². The third kappa shape index (κ3) is 2.31. The number of hydrogen-bond donors (Lipinski definition) is 2. The quantitative estimate of drug-likeness (QED) is 0.730. The van der Waals surface area contributed by atoms with E-state index in [0.29, 0.717) is 29.1 Å². The van der Waals surface area contributed by atoms with Crippen LogP contribution < -0.4 is 11.5 Å². The van der Waals surface area contributed by atoms with E-state index in [1.165, 1.54) is 0 Å². The predicted molar refractivity (Wildman–Crippen MR) is 83.3 cm³/mol. The van der Waals surface area contributed by atoms with Gasteiger partial charge in [0.2, 0.25) is 0 Å². The first-order valence-electron chi connectivity index (χ1n) is 6.94. The number of halogens is 2. The summed E-state index contributed by atoms with van der Waals surface area (Å²) >= 11 is 0. The van der Waals surface area contributed by atoms with Gasteiger partial charge in [-0.1, -0.05) is 0 Å². The molecule has 1 atom stereocenters. The molecule has 0 spiro atoms. The van der Waals surface area contributed by atoms with Gasteiger partial charge in [0.1, 0.15) is 5.82 Å². The monoisotopic (exact) mass is 302 g/mol. The highest BCUT2D eigenvalue weighted by atomic mass is 19.2. The number of benzene rings is 2. The fourth-order valence-corrected chi connectivity index (χ4v) is 2.48. The summed E-state index contributed by atoms with van der Waals surface area (Å²) in [6.07, 6.45) is 0. The summed E-state index contributed by atoms with van der Waals surface area (Å²) in [4.78, 5) is 4.44. The highest BCUT2D eigenvalue weighted by Gasteiger charge is 2.18. The van der Waals surface area contributed by atoms with Crippen molar-refractivity contribution in [3.63, 3.8) is 0 Å². The van der Waals surface area contributed by atoms with Crippen LogP contribution in [-0.2, 0) is 0 Å². The van der Waals surface area contributed by atoms with Gasteiger partial charge in [-0.3, -0.25) is 0 Å². The Hall–Kier alpha value is -2.47. The van der Waals surface area contributed by atoms with Crippen molar-refractivity contribution in [1.29, 1.82) is 0 Å². The van der Waals surface area contributed by atoms with Crippen LogP contribution in [-0.4, -0.2) is 16.1 Å². The number of nitrogen functional groups attached to an aromatic ring is 1. The summed E-state index contributed by atoms with van der Waals surface area (Å²) in [7, 11) is 0. The number of nitrogens with two attached hydrogens (primary N) is 2. The van der Waals surface area contributed by atoms with E-state index < -0.39 is 11.6 Å². The predicted octanol–water partition coefficient (Wildman–Crippen LogP) is 3.08. The first-order chi connectivity index (χ1) is 10.5. The first-order valence-corrected chi connectivity index (χ1v) is 6.94. The van der Waals surface area contributed by atoms with Gasteiger partial charge in [0.15, 0.2) is 11.6 Å². The van der Waals surface area contributed by atoms with Crippen molar-refractivity contribution < 1.29 is 8.78 Å². The Morgan fingerprint density at radius 1 is 1.14 bits per heavy atom. The van der Waals surface area contributed by atoms with Gasteiger partial charge >= 0.3 is 0 Å². The molecule has 1 unspecified atom stereocenters. The molecule has 0 aliphatic heterocycles. The number of aromatic nitrogens is 2. The average Bonchev–Trinajstić information content (AvgIpc) is 2.86. The lowest BCUT2D eigenvalue weighted by Crippen LogP contribution is -2.17. The van der Waals surface area contributed by atoms with Crippen LogP contribution in [0.15, 0.2) is 36.4 Å². The Balaban J connectivity index is 2.30. The average molecular weight is 302 g/mol. The fraction of sp³-hybridized carbons (Fsp3) is 0.188. The SMILES string of the molecule is CC(CN)n1c(-c2ccc(N)cc2)nc2cc(F)c(F)cc21. The van der Waals surface area contributed by atoms with Crippen molar-refractivity contribution in [2.24, 2.45) is 5.73 Å². The third-order valence-corrected chi connectivity index (χ3v) is 3.68. The smallest absolute Gasteiger partial charge is 0.161 e. The zero-order chi connectivity index (χ0) is 15.9. The molecule has 1 aromatic heterocycles. The van der Waals surface area contributed by atoms with Gasteiger partial charge in [0, 0.05) is 36.0 Å². The Bertz CT molecular complexity index is 824. The molecule has 0 aliphatic rings. The zero-order valence-corrected chi connectivity index (χ0v) is 12.1. The lowest BCUT2D eigenvalue weighted by molar-refractivity contribution is 0.509. The second-order valence-electron chi connectivity index (χ2n) is 5.27. The molecule has 2 aromatic carbocycles. The van der Waals surface area contributed by atoms with E-state index in [9.17, 15) is 8.78 Å². The van der Waals surface area contributed by atoms with Crippen LogP contribution in [0.2, 0.25) is 0 Å². The maximum absolute atomic E-state index is 13.6. The molecule has 0 fully saturated rings. The molecule has 0 amide bonds. The van der Waals surface area contributed by atoms with Crippen molar-refractivity contribution in [2.45, 2.75) is 13.0 Å². The number of rotatable bonds is 3. The lowest BCUT2D eigenvalue weighted by Gasteiger charge is -2.16. The molecule has 3 aromatic rings. The molecule has 114 valence electrons. The molecule has 3 rings (SSSR count). The van der Waals surface area contributed by atoms with Crippen molar-refractivity contribution in [1.82, 2.24) is 9.55 Å². The minimum Gasteiger partial charge on any atom is -0.399 e. The van der Waals surface area contributed by atoms with E-state index in [1.807, 2.05) is 23.6 Å². The Kier molecular flexibility index (Phi) is 3.54. The molecule has 0 saturated heterocycles. The standard InChI is InChI=1S/C16H16F2N4/c1-9(8-19)22-15-7-13(18)12(17)6-14(15)21-16(22)10-2-4-11(20)5-3-10/h2-7,9H,8,19-20H2,1H3. The van der Waals surface area contributed by atoms with E-state index >= 15 is 0 Å². The van der Waals surface area contributed by atoms with Crippen molar-refractivity contribution in [2.75, 3.05) is 12.3 Å². The van der Waals surface area contributed by atoms with Crippen LogP contribution in [0.4, 0.5) is 14.5 Å². The summed E-state index contributed by atoms with van der Waals surface area (Å²) in [5.41, 5.74) is 13.8. The molecule has 6 heteroatoms. The highest BCUT2D eigenvalue weighted by molar-refractivity contribution is 5.81. The Labute approximate surface area is 126 Å². The molecule has 0 bridgehead atoms. The molecule has 1 heterocycles. The topological polar surface area (TPSA) is 69.9 Å². The largest absolute Gasteiger partial charge is 0.399 e. The number of anilines is 1. The number of nitrogens with zero attached hydrogens (tertiary/aromatic N) is 2. The molecule has 4 nitrogen and oxygen atoms in total. The third-order valence-electron chi connectivity index (χ3n) is 3.68. The molecule has 4 N–H and O–H groups in total. The fourth-order valence-electron chi connectivity index (χ4n) is 2.48. The molecule has 0 aliphatic carbocycles. The summed E-state index contributed by atoms with van der Waals surface area (Å²) in [6, 6.07) is 9.31. The van der Waals surface area contributed by atoms with Gasteiger partial charge in [-0.05, 0) is 31.2 Å². The van der Waals surface area contributed by atoms with Crippen LogP contribution in [0.1, 0.15) is 13.0 Å². The normalized spacial score (nSPS) is 12.7. The molecule has 0 radical (unpaired) electrons. The van der Waals surface area contributed by atoms with Crippen LogP contribution in [0.5, 0.6) is 0 Å². The van der Waals surface area contributed by atoms with E-state index in [0.717, 1.165) is 17.7 Å². The first kappa shape index (κ1) is 14.5. The molecular formula is C16H16F2N4. The zero-order valence-electron chi connectivity index (χ0n) is 12.1. The van der Waals surface area contributed by atoms with Crippen LogP contribution in [0, 0.1) is 11.6 Å². The van der Waals surface area contributed by atoms with Gasteiger partial charge in [0.05, 0.1) is 11.0 Å². The number of imidazole rings is 1. The summed E-state index contributed by atoms with van der Waals surface area (Å²) in [6.45, 7) is 2.26. The van der Waals surface area contributed by atoms with Crippen LogP contribution >= 0.6 is 0 Å². The molecule has 22 heavy (non-hydrogen) atoms. The Morgan fingerprint density at radius 3 is 2.41 bits per heavy atom. The number of hydrogen-bond acceptors (Lipinski definition) is 3. The van der Waals surface area contributed by atoms with Crippen LogP contribution in [0.3, 0.4) is 0 Å². The summed E-state index contributed by atoms with van der Waals surface area (Å²) in [5.74, 6) is -1.21. The Morgan fingerprint density at radius 2 is 1.77 bits per heavy atom. The maximum Gasteiger partial charge on any atom is 0.161 e. The van der Waals surface area contributed by atoms with Crippen LogP contribution in [0.25, 0.3) is 22.4 Å². The van der Waals surface area contributed by atoms with Crippen molar-refractivity contribution >= 4 is 16.7 Å². The molecular weight excluding hydrogens is 286 g/mol. The lowest BCUT2D eigenvalue weighted by atomic mass is 10.2.